The molecule has 3 amide bonds. The number of aryl methyl sites for hydroxylation is 2. The molecule has 1 aromatic heterocycles. The second-order valence-electron chi connectivity index (χ2n) is 9.09. The highest BCUT2D eigenvalue weighted by Crippen LogP contribution is 2.36. The molecule has 1 aliphatic rings. The average molecular weight is 508 g/mol. The quantitative estimate of drug-likeness (QED) is 0.383. The van der Waals surface area contributed by atoms with Crippen molar-refractivity contribution in [3.8, 4) is 5.75 Å². The van der Waals surface area contributed by atoms with Crippen molar-refractivity contribution < 1.29 is 19.5 Å². The van der Waals surface area contributed by atoms with Crippen molar-refractivity contribution in [2.24, 2.45) is 5.73 Å². The van der Waals surface area contributed by atoms with E-state index < -0.39 is 17.9 Å². The summed E-state index contributed by atoms with van der Waals surface area (Å²) in [6.07, 6.45) is 3.80. The summed E-state index contributed by atoms with van der Waals surface area (Å²) in [5.74, 6) is -1.72. The van der Waals surface area contributed by atoms with Crippen molar-refractivity contribution in [3.05, 3.63) is 69.7 Å². The highest BCUT2D eigenvalue weighted by Gasteiger charge is 2.37. The summed E-state index contributed by atoms with van der Waals surface area (Å²) in [7, 11) is 0. The van der Waals surface area contributed by atoms with Gasteiger partial charge in [-0.15, -0.1) is 0 Å². The molecule has 6 N–H and O–H groups in total. The Kier molecular flexibility index (Phi) is 7.25. The summed E-state index contributed by atoms with van der Waals surface area (Å²) in [4.78, 5) is 41.1. The minimum Gasteiger partial charge on any atom is -0.508 e. The zero-order chi connectivity index (χ0) is 26.0. The SMILES string of the molecule is Cc1ccc(C)c(N(C(=O)c2snc(C(N)=O)c2N)C(C(=O)NC2CCCC2)c2ccc(O)cc2)c1. The molecule has 1 aliphatic carbocycles. The maximum absolute atomic E-state index is 14.1. The molecule has 1 saturated carbocycles. The van der Waals surface area contributed by atoms with Crippen molar-refractivity contribution >= 4 is 40.6 Å². The molecule has 4 rings (SSSR count). The van der Waals surface area contributed by atoms with Crippen LogP contribution in [0.2, 0.25) is 0 Å². The van der Waals surface area contributed by atoms with Gasteiger partial charge in [0.2, 0.25) is 5.91 Å². The number of carbonyl (C=O) groups is 3. The smallest absolute Gasteiger partial charge is 0.273 e. The van der Waals surface area contributed by atoms with Gasteiger partial charge in [-0.05, 0) is 73.1 Å². The summed E-state index contributed by atoms with van der Waals surface area (Å²) in [6.45, 7) is 3.74. The van der Waals surface area contributed by atoms with Crippen molar-refractivity contribution in [2.75, 3.05) is 10.6 Å². The Morgan fingerprint density at radius 3 is 2.39 bits per heavy atom. The molecule has 188 valence electrons. The van der Waals surface area contributed by atoms with E-state index in [1.165, 1.54) is 17.0 Å². The standard InChI is InChI=1S/C26H29N5O4S/c1-14-7-8-15(2)19(13-14)31(26(35)23-20(27)21(24(28)33)30-36-23)22(16-9-11-18(32)12-10-16)25(34)29-17-5-3-4-6-17/h7-13,17,22,32H,3-6,27H2,1-2H3,(H2,28,33)(H,29,34). The first-order valence-electron chi connectivity index (χ1n) is 11.7. The van der Waals surface area contributed by atoms with Crippen molar-refractivity contribution in [1.82, 2.24) is 9.69 Å². The third-order valence-corrected chi connectivity index (χ3v) is 7.27. The van der Waals surface area contributed by atoms with Crippen LogP contribution in [0.15, 0.2) is 42.5 Å². The van der Waals surface area contributed by atoms with Crippen LogP contribution >= 0.6 is 11.5 Å². The Bertz CT molecular complexity index is 1300. The van der Waals surface area contributed by atoms with Crippen molar-refractivity contribution in [3.63, 3.8) is 0 Å². The molecular weight excluding hydrogens is 478 g/mol. The van der Waals surface area contributed by atoms with Gasteiger partial charge in [-0.1, -0.05) is 37.1 Å². The number of nitrogens with one attached hydrogen (secondary N) is 1. The number of hydrogen-bond acceptors (Lipinski definition) is 7. The van der Waals surface area contributed by atoms with E-state index in [-0.39, 0.29) is 34.0 Å². The van der Waals surface area contributed by atoms with Crippen LogP contribution in [0.1, 0.15) is 68.6 Å². The van der Waals surface area contributed by atoms with Gasteiger partial charge in [-0.25, -0.2) is 0 Å². The molecule has 1 atom stereocenters. The van der Waals surface area contributed by atoms with E-state index in [9.17, 15) is 19.5 Å². The first-order chi connectivity index (χ1) is 17.2. The molecule has 9 nitrogen and oxygen atoms in total. The third-order valence-electron chi connectivity index (χ3n) is 6.42. The maximum Gasteiger partial charge on any atom is 0.273 e. The number of nitrogens with two attached hydrogens (primary N) is 2. The predicted octanol–water partition coefficient (Wildman–Crippen LogP) is 3.59. The number of nitrogen functional groups attached to an aromatic ring is 1. The fourth-order valence-electron chi connectivity index (χ4n) is 4.51. The normalized spacial score (nSPS) is 14.4. The Morgan fingerprint density at radius 1 is 1.11 bits per heavy atom. The number of aromatic hydroxyl groups is 1. The highest BCUT2D eigenvalue weighted by molar-refractivity contribution is 7.09. The number of rotatable bonds is 7. The third kappa shape index (κ3) is 5.03. The van der Waals surface area contributed by atoms with E-state index in [0.29, 0.717) is 11.3 Å². The van der Waals surface area contributed by atoms with E-state index >= 15 is 0 Å². The number of carbonyl (C=O) groups excluding carboxylic acids is 3. The Morgan fingerprint density at radius 2 is 1.78 bits per heavy atom. The first-order valence-corrected chi connectivity index (χ1v) is 12.5. The van der Waals surface area contributed by atoms with Gasteiger partial charge in [-0.3, -0.25) is 19.3 Å². The van der Waals surface area contributed by atoms with Gasteiger partial charge in [-0.2, -0.15) is 4.37 Å². The Labute approximate surface area is 213 Å². The lowest BCUT2D eigenvalue weighted by Gasteiger charge is -2.33. The zero-order valence-electron chi connectivity index (χ0n) is 20.2. The molecule has 2 aromatic carbocycles. The van der Waals surface area contributed by atoms with Gasteiger partial charge in [0, 0.05) is 11.7 Å². The zero-order valence-corrected chi connectivity index (χ0v) is 21.0. The van der Waals surface area contributed by atoms with E-state index in [1.807, 2.05) is 32.0 Å². The van der Waals surface area contributed by atoms with Crippen LogP contribution in [0.25, 0.3) is 0 Å². The van der Waals surface area contributed by atoms with Crippen molar-refractivity contribution in [2.45, 2.75) is 51.6 Å². The summed E-state index contributed by atoms with van der Waals surface area (Å²) in [6, 6.07) is 10.7. The van der Waals surface area contributed by atoms with Crippen LogP contribution in [-0.2, 0) is 4.79 Å². The van der Waals surface area contributed by atoms with Crippen LogP contribution in [-0.4, -0.2) is 33.2 Å². The monoisotopic (exact) mass is 507 g/mol. The molecule has 36 heavy (non-hydrogen) atoms. The predicted molar refractivity (Wildman–Crippen MR) is 139 cm³/mol. The van der Waals surface area contributed by atoms with Crippen LogP contribution in [0.3, 0.4) is 0 Å². The molecule has 0 bridgehead atoms. The fraction of sp³-hybridized carbons (Fsp3) is 0.308. The number of anilines is 2. The fourth-order valence-corrected chi connectivity index (χ4v) is 5.25. The Balaban J connectivity index is 1.89. The molecule has 1 fully saturated rings. The van der Waals surface area contributed by atoms with Gasteiger partial charge >= 0.3 is 0 Å². The lowest BCUT2D eigenvalue weighted by atomic mass is 10.00. The number of phenols is 1. The molecular formula is C26H29N5O4S. The number of primary amides is 1. The number of benzene rings is 2. The van der Waals surface area contributed by atoms with E-state index in [4.69, 9.17) is 11.5 Å². The molecule has 10 heteroatoms. The number of hydrogen-bond donors (Lipinski definition) is 4. The number of nitrogens with zero attached hydrogens (tertiary/aromatic N) is 2. The van der Waals surface area contributed by atoms with Gasteiger partial charge in [0.15, 0.2) is 5.69 Å². The van der Waals surface area contributed by atoms with Gasteiger partial charge in [0.25, 0.3) is 11.8 Å². The molecule has 0 spiro atoms. The van der Waals surface area contributed by atoms with Gasteiger partial charge in [0.05, 0.1) is 5.69 Å². The number of aromatic nitrogens is 1. The van der Waals surface area contributed by atoms with Crippen LogP contribution in [0.4, 0.5) is 11.4 Å². The van der Waals surface area contributed by atoms with Crippen LogP contribution in [0.5, 0.6) is 5.75 Å². The average Bonchev–Trinajstić information content (AvgIpc) is 3.49. The summed E-state index contributed by atoms with van der Waals surface area (Å²) in [5.41, 5.74) is 13.9. The molecule has 0 saturated heterocycles. The minimum atomic E-state index is -1.07. The lowest BCUT2D eigenvalue weighted by Crippen LogP contribution is -2.46. The number of phenolic OH excluding ortho intramolecular Hbond substituents is 1. The number of amides is 3. The minimum absolute atomic E-state index is 0.0159. The second kappa shape index (κ2) is 10.4. The van der Waals surface area contributed by atoms with E-state index in [2.05, 4.69) is 9.69 Å². The molecule has 0 aliphatic heterocycles. The van der Waals surface area contributed by atoms with Gasteiger partial charge < -0.3 is 21.9 Å². The second-order valence-corrected chi connectivity index (χ2v) is 9.86. The lowest BCUT2D eigenvalue weighted by molar-refractivity contribution is -0.123. The largest absolute Gasteiger partial charge is 0.508 e. The molecule has 0 radical (unpaired) electrons. The van der Waals surface area contributed by atoms with Crippen molar-refractivity contribution in [1.29, 1.82) is 0 Å². The van der Waals surface area contributed by atoms with Crippen LogP contribution in [0, 0.1) is 13.8 Å². The topological polar surface area (TPSA) is 152 Å². The molecule has 3 aromatic rings. The first kappa shape index (κ1) is 25.2. The highest BCUT2D eigenvalue weighted by atomic mass is 32.1. The molecule has 1 unspecified atom stereocenters. The van der Waals surface area contributed by atoms with E-state index in [0.717, 1.165) is 48.3 Å². The summed E-state index contributed by atoms with van der Waals surface area (Å²) in [5, 5.41) is 13.0. The maximum atomic E-state index is 14.1. The summed E-state index contributed by atoms with van der Waals surface area (Å²) < 4.78 is 3.99. The summed E-state index contributed by atoms with van der Waals surface area (Å²) >= 11 is 0.767. The van der Waals surface area contributed by atoms with E-state index in [1.54, 1.807) is 12.1 Å². The molecule has 1 heterocycles. The van der Waals surface area contributed by atoms with Crippen LogP contribution < -0.4 is 21.7 Å². The van der Waals surface area contributed by atoms with Gasteiger partial charge in [0.1, 0.15) is 16.7 Å². The Hall–Kier alpha value is -3.92.